The molecule has 0 bridgehead atoms. The third kappa shape index (κ3) is 2.20. The number of hydrogen-bond acceptors (Lipinski definition) is 3. The van der Waals surface area contributed by atoms with Gasteiger partial charge < -0.3 is 4.74 Å². The third-order valence-corrected chi connectivity index (χ3v) is 2.39. The monoisotopic (exact) mass is 249 g/mol. The highest BCUT2D eigenvalue weighted by molar-refractivity contribution is 6.08. The molecule has 0 saturated carbocycles. The number of pyridine rings is 1. The van der Waals surface area contributed by atoms with Crippen molar-refractivity contribution in [1.29, 1.82) is 0 Å². The van der Waals surface area contributed by atoms with Crippen molar-refractivity contribution < 1.29 is 18.3 Å². The van der Waals surface area contributed by atoms with Gasteiger partial charge in [0.05, 0.1) is 12.7 Å². The number of halogens is 2. The van der Waals surface area contributed by atoms with Crippen molar-refractivity contribution in [2.75, 3.05) is 7.11 Å². The van der Waals surface area contributed by atoms with E-state index in [1.54, 1.807) is 0 Å². The molecule has 0 radical (unpaired) electrons. The molecule has 2 aromatic rings. The van der Waals surface area contributed by atoms with Crippen LogP contribution in [0.5, 0.6) is 5.75 Å². The first-order valence-electron chi connectivity index (χ1n) is 5.12. The molecule has 0 spiro atoms. The molecule has 18 heavy (non-hydrogen) atoms. The van der Waals surface area contributed by atoms with Crippen molar-refractivity contribution in [2.24, 2.45) is 0 Å². The summed E-state index contributed by atoms with van der Waals surface area (Å²) in [6.45, 7) is 0. The standard InChI is InChI=1S/C13H9F2NO2/c1-18-8-4-5-9(11(15)7-8)13(17)12-10(14)3-2-6-16-12/h2-7H,1H3. The number of ether oxygens (including phenoxy) is 1. The zero-order valence-corrected chi connectivity index (χ0v) is 9.48. The van der Waals surface area contributed by atoms with Gasteiger partial charge >= 0.3 is 0 Å². The summed E-state index contributed by atoms with van der Waals surface area (Å²) in [4.78, 5) is 15.5. The predicted octanol–water partition coefficient (Wildman–Crippen LogP) is 2.60. The molecule has 0 aliphatic heterocycles. The Morgan fingerprint density at radius 2 is 2.00 bits per heavy atom. The highest BCUT2D eigenvalue weighted by atomic mass is 19.1. The smallest absolute Gasteiger partial charge is 0.217 e. The second kappa shape index (κ2) is 4.91. The Hall–Kier alpha value is -2.30. The zero-order chi connectivity index (χ0) is 13.1. The van der Waals surface area contributed by atoms with Crippen LogP contribution >= 0.6 is 0 Å². The van der Waals surface area contributed by atoms with E-state index in [2.05, 4.69) is 4.98 Å². The van der Waals surface area contributed by atoms with Gasteiger partial charge in [0.2, 0.25) is 5.78 Å². The maximum absolute atomic E-state index is 13.7. The largest absolute Gasteiger partial charge is 0.497 e. The third-order valence-electron chi connectivity index (χ3n) is 2.39. The van der Waals surface area contributed by atoms with E-state index in [-0.39, 0.29) is 11.3 Å². The Kier molecular flexibility index (Phi) is 3.32. The van der Waals surface area contributed by atoms with Gasteiger partial charge in [-0.05, 0) is 24.3 Å². The molecule has 0 aliphatic rings. The van der Waals surface area contributed by atoms with Crippen LogP contribution in [0.15, 0.2) is 36.5 Å². The fourth-order valence-electron chi connectivity index (χ4n) is 1.49. The van der Waals surface area contributed by atoms with E-state index in [1.165, 1.54) is 31.5 Å². The van der Waals surface area contributed by atoms with E-state index < -0.39 is 23.1 Å². The van der Waals surface area contributed by atoms with Gasteiger partial charge in [0.15, 0.2) is 5.82 Å². The number of nitrogens with zero attached hydrogens (tertiary/aromatic N) is 1. The topological polar surface area (TPSA) is 39.2 Å². The van der Waals surface area contributed by atoms with Crippen LogP contribution in [0.4, 0.5) is 8.78 Å². The van der Waals surface area contributed by atoms with E-state index >= 15 is 0 Å². The lowest BCUT2D eigenvalue weighted by atomic mass is 10.1. The first-order chi connectivity index (χ1) is 8.63. The second-order valence-corrected chi connectivity index (χ2v) is 3.51. The van der Waals surface area contributed by atoms with Crippen LogP contribution in [0.1, 0.15) is 16.1 Å². The van der Waals surface area contributed by atoms with E-state index in [4.69, 9.17) is 4.74 Å². The first kappa shape index (κ1) is 12.2. The lowest BCUT2D eigenvalue weighted by Gasteiger charge is -2.05. The van der Waals surface area contributed by atoms with Gasteiger partial charge in [-0.3, -0.25) is 4.79 Å². The van der Waals surface area contributed by atoms with Crippen molar-refractivity contribution in [3.63, 3.8) is 0 Å². The summed E-state index contributed by atoms with van der Waals surface area (Å²) >= 11 is 0. The molecule has 0 aliphatic carbocycles. The van der Waals surface area contributed by atoms with Crippen molar-refractivity contribution in [1.82, 2.24) is 4.98 Å². The first-order valence-corrected chi connectivity index (χ1v) is 5.12. The Morgan fingerprint density at radius 3 is 2.61 bits per heavy atom. The molecule has 2 rings (SSSR count). The predicted molar refractivity (Wildman–Crippen MR) is 60.6 cm³/mol. The molecule has 1 aromatic carbocycles. The molecular weight excluding hydrogens is 240 g/mol. The highest BCUT2D eigenvalue weighted by Gasteiger charge is 2.19. The Balaban J connectivity index is 2.44. The average Bonchev–Trinajstić information content (AvgIpc) is 2.38. The number of benzene rings is 1. The summed E-state index contributed by atoms with van der Waals surface area (Å²) < 4.78 is 31.8. The van der Waals surface area contributed by atoms with Crippen molar-refractivity contribution in [3.8, 4) is 5.75 Å². The molecule has 1 heterocycles. The number of rotatable bonds is 3. The van der Waals surface area contributed by atoms with Gasteiger partial charge in [0.1, 0.15) is 17.3 Å². The maximum atomic E-state index is 13.7. The minimum Gasteiger partial charge on any atom is -0.497 e. The molecule has 1 aromatic heterocycles. The van der Waals surface area contributed by atoms with Crippen LogP contribution in [0.2, 0.25) is 0 Å². The van der Waals surface area contributed by atoms with Crippen molar-refractivity contribution in [2.45, 2.75) is 0 Å². The van der Waals surface area contributed by atoms with Gasteiger partial charge in [-0.25, -0.2) is 13.8 Å². The minimum absolute atomic E-state index is 0.242. The molecule has 5 heteroatoms. The van der Waals surface area contributed by atoms with Crippen LogP contribution in [0.25, 0.3) is 0 Å². The Morgan fingerprint density at radius 1 is 1.22 bits per heavy atom. The van der Waals surface area contributed by atoms with E-state index in [0.29, 0.717) is 0 Å². The molecule has 3 nitrogen and oxygen atoms in total. The quantitative estimate of drug-likeness (QED) is 0.785. The summed E-state index contributed by atoms with van der Waals surface area (Å²) in [6.07, 6.45) is 1.28. The molecule has 0 unspecified atom stereocenters. The number of hydrogen-bond donors (Lipinski definition) is 0. The molecule has 0 fully saturated rings. The summed E-state index contributed by atoms with van der Waals surface area (Å²) in [6, 6.07) is 6.19. The summed E-state index contributed by atoms with van der Waals surface area (Å²) in [5.74, 6) is -2.07. The minimum atomic E-state index is -0.798. The number of aromatic nitrogens is 1. The second-order valence-electron chi connectivity index (χ2n) is 3.51. The fourth-order valence-corrected chi connectivity index (χ4v) is 1.49. The van der Waals surface area contributed by atoms with E-state index in [0.717, 1.165) is 12.1 Å². The van der Waals surface area contributed by atoms with Gasteiger partial charge in [0.25, 0.3) is 0 Å². The summed E-state index contributed by atoms with van der Waals surface area (Å²) in [7, 11) is 1.38. The van der Waals surface area contributed by atoms with Gasteiger partial charge in [-0.1, -0.05) is 0 Å². The molecule has 0 saturated heterocycles. The summed E-state index contributed by atoms with van der Waals surface area (Å²) in [5.41, 5.74) is -0.644. The van der Waals surface area contributed by atoms with E-state index in [1.807, 2.05) is 0 Å². The van der Waals surface area contributed by atoms with E-state index in [9.17, 15) is 13.6 Å². The van der Waals surface area contributed by atoms with Crippen LogP contribution in [-0.2, 0) is 0 Å². The normalized spacial score (nSPS) is 10.2. The van der Waals surface area contributed by atoms with Crippen molar-refractivity contribution >= 4 is 5.78 Å². The van der Waals surface area contributed by atoms with Crippen LogP contribution in [0.3, 0.4) is 0 Å². The molecule has 0 amide bonds. The highest BCUT2D eigenvalue weighted by Crippen LogP contribution is 2.19. The van der Waals surface area contributed by atoms with Crippen LogP contribution in [0, 0.1) is 11.6 Å². The summed E-state index contributed by atoms with van der Waals surface area (Å²) in [5, 5.41) is 0. The number of methoxy groups -OCH3 is 1. The van der Waals surface area contributed by atoms with Crippen molar-refractivity contribution in [3.05, 3.63) is 59.4 Å². The van der Waals surface area contributed by atoms with Gasteiger partial charge in [0, 0.05) is 12.3 Å². The van der Waals surface area contributed by atoms with Crippen LogP contribution in [-0.4, -0.2) is 17.9 Å². The SMILES string of the molecule is COc1ccc(C(=O)c2ncccc2F)c(F)c1. The zero-order valence-electron chi connectivity index (χ0n) is 9.48. The molecule has 0 atom stereocenters. The Bertz CT molecular complexity index is 599. The average molecular weight is 249 g/mol. The molecule has 0 N–H and O–H groups in total. The molecular formula is C13H9F2NO2. The lowest BCUT2D eigenvalue weighted by Crippen LogP contribution is -2.09. The maximum Gasteiger partial charge on any atom is 0.217 e. The van der Waals surface area contributed by atoms with Gasteiger partial charge in [-0.2, -0.15) is 0 Å². The fraction of sp³-hybridized carbons (Fsp3) is 0.0769. The van der Waals surface area contributed by atoms with Gasteiger partial charge in [-0.15, -0.1) is 0 Å². The molecule has 92 valence electrons. The Labute approximate surface area is 102 Å². The number of carbonyl (C=O) groups excluding carboxylic acids is 1. The lowest BCUT2D eigenvalue weighted by molar-refractivity contribution is 0.102. The van der Waals surface area contributed by atoms with Crippen LogP contribution < -0.4 is 4.74 Å². The number of carbonyl (C=O) groups is 1. The number of ketones is 1.